The van der Waals surface area contributed by atoms with E-state index in [9.17, 15) is 13.2 Å². The van der Waals surface area contributed by atoms with Crippen LogP contribution in [0.2, 0.25) is 0 Å². The van der Waals surface area contributed by atoms with Crippen LogP contribution in [0.4, 0.5) is 24.7 Å². The first-order valence-corrected chi connectivity index (χ1v) is 8.47. The summed E-state index contributed by atoms with van der Waals surface area (Å²) in [6.45, 7) is 2.36. The Morgan fingerprint density at radius 1 is 1.21 bits per heavy atom. The predicted molar refractivity (Wildman–Crippen MR) is 94.7 cm³/mol. The summed E-state index contributed by atoms with van der Waals surface area (Å²) < 4.78 is 46.2. The van der Waals surface area contributed by atoms with Gasteiger partial charge in [-0.3, -0.25) is 0 Å². The fourth-order valence-corrected chi connectivity index (χ4v) is 2.34. The fraction of sp³-hybridized carbons (Fsp3) is 0.375. The highest BCUT2D eigenvalue weighted by atomic mass is 127. The molecule has 2 rings (SSSR count). The van der Waals surface area contributed by atoms with E-state index in [0.717, 1.165) is 22.6 Å². The van der Waals surface area contributed by atoms with Crippen LogP contribution in [-0.4, -0.2) is 23.6 Å². The van der Waals surface area contributed by atoms with E-state index in [1.54, 1.807) is 12.1 Å². The summed E-state index contributed by atoms with van der Waals surface area (Å²) in [4.78, 5) is 9.05. The van der Waals surface area contributed by atoms with Crippen molar-refractivity contribution in [3.8, 4) is 6.01 Å². The van der Waals surface area contributed by atoms with Gasteiger partial charge in [0.25, 0.3) is 0 Å². The van der Waals surface area contributed by atoms with Gasteiger partial charge < -0.3 is 9.64 Å². The third-order valence-corrected chi connectivity index (χ3v) is 4.03. The van der Waals surface area contributed by atoms with Crippen LogP contribution in [0.3, 0.4) is 0 Å². The van der Waals surface area contributed by atoms with Gasteiger partial charge in [0.2, 0.25) is 0 Å². The Balaban J connectivity index is 2.39. The zero-order chi connectivity index (χ0) is 17.7. The smallest absolute Gasteiger partial charge is 0.421 e. The van der Waals surface area contributed by atoms with E-state index in [-0.39, 0.29) is 11.8 Å². The molecule has 1 aromatic heterocycles. The minimum atomic E-state index is -4.55. The molecule has 1 aromatic carbocycles. The van der Waals surface area contributed by atoms with E-state index < -0.39 is 11.7 Å². The molecule has 0 aliphatic heterocycles. The molecule has 8 heteroatoms. The van der Waals surface area contributed by atoms with Crippen molar-refractivity contribution in [3.63, 3.8) is 0 Å². The Labute approximate surface area is 152 Å². The molecule has 0 N–H and O–H groups in total. The summed E-state index contributed by atoms with van der Waals surface area (Å²) in [5, 5.41) is 0. The Kier molecular flexibility index (Phi) is 6.25. The number of unbranched alkanes of at least 4 members (excludes halogenated alkanes) is 1. The van der Waals surface area contributed by atoms with Crippen LogP contribution in [0, 0.1) is 3.57 Å². The number of rotatable bonds is 6. The van der Waals surface area contributed by atoms with Gasteiger partial charge in [-0.1, -0.05) is 13.3 Å². The van der Waals surface area contributed by atoms with Gasteiger partial charge in [-0.05, 0) is 53.3 Å². The number of hydrogen-bond acceptors (Lipinski definition) is 4. The van der Waals surface area contributed by atoms with Crippen LogP contribution >= 0.6 is 22.6 Å². The van der Waals surface area contributed by atoms with E-state index in [1.165, 1.54) is 11.9 Å². The first kappa shape index (κ1) is 18.8. The average Bonchev–Trinajstić information content (AvgIpc) is 2.54. The van der Waals surface area contributed by atoms with Gasteiger partial charge in [0, 0.05) is 22.5 Å². The zero-order valence-electron chi connectivity index (χ0n) is 13.3. The van der Waals surface area contributed by atoms with Gasteiger partial charge in [-0.15, -0.1) is 0 Å². The van der Waals surface area contributed by atoms with Gasteiger partial charge in [-0.2, -0.15) is 18.2 Å². The predicted octanol–water partition coefficient (Wildman–Crippen LogP) is 5.05. The van der Waals surface area contributed by atoms with Crippen molar-refractivity contribution in [2.75, 3.05) is 18.6 Å². The highest BCUT2D eigenvalue weighted by Crippen LogP contribution is 2.37. The van der Waals surface area contributed by atoms with Gasteiger partial charge >= 0.3 is 12.2 Å². The van der Waals surface area contributed by atoms with Crippen molar-refractivity contribution in [1.29, 1.82) is 0 Å². The first-order chi connectivity index (χ1) is 11.3. The van der Waals surface area contributed by atoms with Gasteiger partial charge in [-0.25, -0.2) is 4.98 Å². The second-order valence-electron chi connectivity index (χ2n) is 5.13. The molecule has 0 saturated carbocycles. The maximum atomic E-state index is 13.3. The molecule has 0 fully saturated rings. The molecule has 1 heterocycles. The number of nitrogens with zero attached hydrogens (tertiary/aromatic N) is 3. The molecule has 0 radical (unpaired) electrons. The summed E-state index contributed by atoms with van der Waals surface area (Å²) in [7, 11) is 1.54. The highest BCUT2D eigenvalue weighted by Gasteiger charge is 2.36. The van der Waals surface area contributed by atoms with Gasteiger partial charge in [0.05, 0.1) is 6.61 Å². The minimum Gasteiger partial charge on any atom is -0.463 e. The quantitative estimate of drug-likeness (QED) is 0.456. The third-order valence-electron chi connectivity index (χ3n) is 3.31. The maximum absolute atomic E-state index is 13.3. The molecule has 0 bridgehead atoms. The van der Waals surface area contributed by atoms with E-state index in [4.69, 9.17) is 4.74 Å². The minimum absolute atomic E-state index is 0.0520. The number of aromatic nitrogens is 2. The lowest BCUT2D eigenvalue weighted by Gasteiger charge is -2.22. The number of ether oxygens (including phenoxy) is 1. The monoisotopic (exact) mass is 451 g/mol. The normalized spacial score (nSPS) is 11.4. The molecule has 0 spiro atoms. The molecule has 0 aliphatic carbocycles. The lowest BCUT2D eigenvalue weighted by molar-refractivity contribution is -0.137. The molecule has 2 aromatic rings. The number of hydrogen-bond donors (Lipinski definition) is 0. The van der Waals surface area contributed by atoms with E-state index >= 15 is 0 Å². The van der Waals surface area contributed by atoms with E-state index in [0.29, 0.717) is 12.3 Å². The molecule has 0 unspecified atom stereocenters. The van der Waals surface area contributed by atoms with Crippen LogP contribution in [-0.2, 0) is 6.18 Å². The third kappa shape index (κ3) is 4.71. The maximum Gasteiger partial charge on any atom is 0.421 e. The number of alkyl halides is 3. The number of anilines is 2. The molecule has 0 amide bonds. The lowest BCUT2D eigenvalue weighted by Crippen LogP contribution is -2.19. The summed E-state index contributed by atoms with van der Waals surface area (Å²) in [6.07, 6.45) is -2.08. The first-order valence-electron chi connectivity index (χ1n) is 7.39. The molecule has 0 saturated heterocycles. The largest absolute Gasteiger partial charge is 0.463 e. The topological polar surface area (TPSA) is 38.2 Å². The molecule has 0 aliphatic rings. The van der Waals surface area contributed by atoms with Crippen molar-refractivity contribution < 1.29 is 17.9 Å². The lowest BCUT2D eigenvalue weighted by atomic mass is 10.2. The summed E-state index contributed by atoms with van der Waals surface area (Å²) in [5.41, 5.74) is -0.300. The zero-order valence-corrected chi connectivity index (χ0v) is 15.4. The summed E-state index contributed by atoms with van der Waals surface area (Å²) >= 11 is 2.13. The van der Waals surface area contributed by atoms with E-state index in [1.807, 2.05) is 19.1 Å². The molecular formula is C16H17F3IN3O. The molecule has 0 atom stereocenters. The second kappa shape index (κ2) is 8.00. The highest BCUT2D eigenvalue weighted by molar-refractivity contribution is 14.1. The summed E-state index contributed by atoms with van der Waals surface area (Å²) in [6, 6.07) is 7.06. The molecule has 130 valence electrons. The Morgan fingerprint density at radius 2 is 1.88 bits per heavy atom. The van der Waals surface area contributed by atoms with Crippen molar-refractivity contribution in [2.45, 2.75) is 25.9 Å². The van der Waals surface area contributed by atoms with Crippen molar-refractivity contribution in [3.05, 3.63) is 39.6 Å². The van der Waals surface area contributed by atoms with Crippen molar-refractivity contribution in [2.24, 2.45) is 0 Å². The van der Waals surface area contributed by atoms with Crippen LogP contribution in [0.25, 0.3) is 0 Å². The van der Waals surface area contributed by atoms with Crippen molar-refractivity contribution >= 4 is 34.1 Å². The van der Waals surface area contributed by atoms with Gasteiger partial charge in [0.15, 0.2) is 5.82 Å². The standard InChI is InChI=1S/C16H17F3IN3O/c1-3-4-9-24-15-21-10-13(16(17,18)19)14(22-15)23(2)12-7-5-11(20)6-8-12/h5-8,10H,3-4,9H2,1-2H3. The number of halogens is 4. The van der Waals surface area contributed by atoms with Crippen LogP contribution in [0.15, 0.2) is 30.5 Å². The van der Waals surface area contributed by atoms with Crippen LogP contribution in [0.5, 0.6) is 6.01 Å². The molecule has 4 nitrogen and oxygen atoms in total. The Morgan fingerprint density at radius 3 is 2.46 bits per heavy atom. The van der Waals surface area contributed by atoms with Gasteiger partial charge in [0.1, 0.15) is 5.56 Å². The SMILES string of the molecule is CCCCOc1ncc(C(F)(F)F)c(N(C)c2ccc(I)cc2)n1. The Hall–Kier alpha value is -1.58. The average molecular weight is 451 g/mol. The fourth-order valence-electron chi connectivity index (χ4n) is 1.98. The molecular weight excluding hydrogens is 434 g/mol. The Bertz CT molecular complexity index is 677. The van der Waals surface area contributed by atoms with Crippen LogP contribution < -0.4 is 9.64 Å². The van der Waals surface area contributed by atoms with Crippen LogP contribution in [0.1, 0.15) is 25.3 Å². The summed E-state index contributed by atoms with van der Waals surface area (Å²) in [5.74, 6) is -0.231. The van der Waals surface area contributed by atoms with E-state index in [2.05, 4.69) is 32.6 Å². The second-order valence-corrected chi connectivity index (χ2v) is 6.37. The van der Waals surface area contributed by atoms with Crippen molar-refractivity contribution in [1.82, 2.24) is 9.97 Å². The molecule has 24 heavy (non-hydrogen) atoms. The number of benzene rings is 1.